The first-order chi connectivity index (χ1) is 44.3. The van der Waals surface area contributed by atoms with E-state index in [2.05, 4.69) is 62.0 Å². The molecule has 490 valence electrons. The van der Waals surface area contributed by atoms with Crippen LogP contribution < -0.4 is 33.6 Å². The van der Waals surface area contributed by atoms with Crippen molar-refractivity contribution in [3.63, 3.8) is 0 Å². The van der Waals surface area contributed by atoms with Gasteiger partial charge in [-0.25, -0.2) is 46.3 Å². The van der Waals surface area contributed by atoms with Gasteiger partial charge in [-0.15, -0.1) is 10.2 Å². The van der Waals surface area contributed by atoms with E-state index >= 15 is 0 Å². The van der Waals surface area contributed by atoms with E-state index in [0.29, 0.717) is 50.3 Å². The predicted molar refractivity (Wildman–Crippen MR) is 350 cm³/mol. The molecule has 21 nitrogen and oxygen atoms in total. The molecule has 0 amide bonds. The largest absolute Gasteiger partial charge is 0.496 e. The van der Waals surface area contributed by atoms with Gasteiger partial charge in [0.15, 0.2) is 22.9 Å². The fraction of sp³-hybridized carbons (Fsp3) is 0.234. The number of rotatable bonds is 14. The van der Waals surface area contributed by atoms with Crippen LogP contribution in [-0.2, 0) is 41.8 Å². The molecule has 8 heterocycles. The van der Waals surface area contributed by atoms with E-state index in [0.717, 1.165) is 22.1 Å². The summed E-state index contributed by atoms with van der Waals surface area (Å²) < 4.78 is 103. The first-order valence-corrected chi connectivity index (χ1v) is 30.0. The molecular weight excluding hydrogens is 1360 g/mol. The predicted octanol–water partition coefficient (Wildman–Crippen LogP) is 8.73. The summed E-state index contributed by atoms with van der Waals surface area (Å²) >= 11 is 6.64. The fourth-order valence-corrected chi connectivity index (χ4v) is 10.4. The summed E-state index contributed by atoms with van der Waals surface area (Å²) in [5.74, 6) is -3.37. The number of aromatic nitrogens is 11. The van der Waals surface area contributed by atoms with Crippen LogP contribution in [0.1, 0.15) is 57.9 Å². The van der Waals surface area contributed by atoms with Crippen LogP contribution in [0.15, 0.2) is 163 Å². The standard InChI is InChI=1S/C25H19F3N6O2.C18H11BrF3N5.C13H20BNO4.C7H8BrNO2.CH4/c26-16-7-4-14(5-8-16)23-22(15-6-9-21(36)33(13-15)10-11-35)24-30-20(32-34(24)25(29)31-23)12-17-18(27)2-1-3-19(17)28;19-15-16(9-4-6-10(20)7-5-9)25-18(23)27-17(15)24-14(26-27)8-11-12(21)2-1-3-13(11)22;1-12(2)13(3,4)19-14(18-12)10-5-6-11(17)15(9-10)7-8-16;8-6-1-2-7(11)9(5-6)3-4-10;/h1-9,13,35H,10-12H2,(H2,29,31);1-7H,8H2,(H2,23,25);5-6,9,16H,7-8H2,1-4H3;1-2,5,10H,3-4H2;1H4. The van der Waals surface area contributed by atoms with Crippen LogP contribution in [0.25, 0.3) is 44.9 Å². The van der Waals surface area contributed by atoms with Crippen molar-refractivity contribution in [1.82, 2.24) is 52.9 Å². The van der Waals surface area contributed by atoms with Crippen molar-refractivity contribution in [3.8, 4) is 33.6 Å². The summed E-state index contributed by atoms with van der Waals surface area (Å²) in [4.78, 5) is 52.4. The number of halogens is 8. The third kappa shape index (κ3) is 16.1. The highest BCUT2D eigenvalue weighted by Gasteiger charge is 2.52. The molecule has 1 saturated heterocycles. The van der Waals surface area contributed by atoms with Gasteiger partial charge in [-0.3, -0.25) is 14.4 Å². The lowest BCUT2D eigenvalue weighted by atomic mass is 9.80. The van der Waals surface area contributed by atoms with Crippen molar-refractivity contribution in [1.29, 1.82) is 0 Å². The van der Waals surface area contributed by atoms with Gasteiger partial charge in [0.2, 0.25) is 11.9 Å². The maximum absolute atomic E-state index is 14.3. The third-order valence-corrected chi connectivity index (χ3v) is 16.1. The zero-order valence-corrected chi connectivity index (χ0v) is 53.2. The molecule has 30 heteroatoms. The van der Waals surface area contributed by atoms with Crippen LogP contribution in [0.5, 0.6) is 0 Å². The highest BCUT2D eigenvalue weighted by molar-refractivity contribution is 9.11. The average Bonchev–Trinajstić information content (AvgIpc) is 1.52. The third-order valence-electron chi connectivity index (χ3n) is 14.9. The first-order valence-electron chi connectivity index (χ1n) is 28.4. The number of pyridine rings is 3. The summed E-state index contributed by atoms with van der Waals surface area (Å²) in [6.07, 6.45) is 4.48. The maximum atomic E-state index is 14.3. The van der Waals surface area contributed by atoms with Gasteiger partial charge in [0.05, 0.1) is 52.4 Å². The Bertz CT molecular complexity index is 4650. The maximum Gasteiger partial charge on any atom is 0.496 e. The normalized spacial score (nSPS) is 12.9. The van der Waals surface area contributed by atoms with Crippen molar-refractivity contribution in [2.75, 3.05) is 31.3 Å². The highest BCUT2D eigenvalue weighted by Crippen LogP contribution is 2.38. The summed E-state index contributed by atoms with van der Waals surface area (Å²) in [5, 5.41) is 35.4. The number of hydrogen-bond acceptors (Lipinski definition) is 16. The lowest BCUT2D eigenvalue weighted by molar-refractivity contribution is 0.00578. The van der Waals surface area contributed by atoms with Gasteiger partial charge in [-0.05, 0) is 150 Å². The van der Waals surface area contributed by atoms with Crippen LogP contribution in [0.2, 0.25) is 0 Å². The molecule has 12 rings (SSSR count). The number of anilines is 2. The minimum Gasteiger partial charge on any atom is -0.399 e. The smallest absolute Gasteiger partial charge is 0.399 e. The van der Waals surface area contributed by atoms with E-state index in [9.17, 15) is 45.8 Å². The lowest BCUT2D eigenvalue weighted by Gasteiger charge is -2.32. The quantitative estimate of drug-likeness (QED) is 0.0502. The molecule has 7 aromatic heterocycles. The van der Waals surface area contributed by atoms with E-state index in [-0.39, 0.29) is 116 Å². The Labute approximate surface area is 550 Å². The number of nitrogen functional groups attached to an aromatic ring is 2. The molecule has 0 spiro atoms. The molecule has 0 atom stereocenters. The van der Waals surface area contributed by atoms with Crippen LogP contribution in [0, 0.1) is 34.9 Å². The molecular formula is C64H62BBr2F6N13O8. The van der Waals surface area contributed by atoms with Gasteiger partial charge >= 0.3 is 7.12 Å². The highest BCUT2D eigenvalue weighted by atomic mass is 79.9. The first kappa shape index (κ1) is 70.7. The fourth-order valence-electron chi connectivity index (χ4n) is 9.42. The number of nitrogens with two attached hydrogens (primary N) is 2. The number of benzene rings is 4. The topological polar surface area (TPSA) is 283 Å². The number of nitrogens with zero attached hydrogens (tertiary/aromatic N) is 11. The van der Waals surface area contributed by atoms with Crippen LogP contribution in [0.4, 0.5) is 38.2 Å². The number of fused-ring (bicyclic) bond motifs is 2. The molecule has 0 bridgehead atoms. The Hall–Kier alpha value is -9.17. The van der Waals surface area contributed by atoms with Crippen molar-refractivity contribution in [2.24, 2.45) is 0 Å². The average molecular weight is 1430 g/mol. The van der Waals surface area contributed by atoms with E-state index in [1.807, 2.05) is 27.7 Å². The van der Waals surface area contributed by atoms with Gasteiger partial charge in [-0.2, -0.15) is 9.03 Å². The Kier molecular flexibility index (Phi) is 22.8. The molecule has 1 fully saturated rings. The molecule has 1 aliphatic heterocycles. The van der Waals surface area contributed by atoms with Gasteiger partial charge in [-0.1, -0.05) is 25.6 Å². The Balaban J connectivity index is 0.000000172. The number of hydrogen-bond donors (Lipinski definition) is 5. The van der Waals surface area contributed by atoms with Crippen molar-refractivity contribution >= 4 is 67.6 Å². The van der Waals surface area contributed by atoms with Gasteiger partial charge < -0.3 is 49.8 Å². The van der Waals surface area contributed by atoms with Crippen molar-refractivity contribution in [3.05, 3.63) is 238 Å². The molecule has 0 unspecified atom stereocenters. The van der Waals surface area contributed by atoms with Crippen molar-refractivity contribution < 1.29 is 51.0 Å². The number of aliphatic hydroxyl groups excluding tert-OH is 3. The minimum atomic E-state index is -0.733. The second-order valence-corrected chi connectivity index (χ2v) is 23.4. The summed E-state index contributed by atoms with van der Waals surface area (Å²) in [6, 6.07) is 27.7. The van der Waals surface area contributed by atoms with E-state index < -0.39 is 47.4 Å². The SMILES string of the molecule is C.CC1(C)OB(c2ccc(=O)n(CCO)c2)OC1(C)C.Nc1nc(-c2ccc(F)cc2)c(-c2ccc(=O)n(CCO)c2)c2nc(Cc3c(F)cccc3F)nn12.Nc1nc(-c2ccc(F)cc2)c(Br)c2nc(Cc3c(F)cccc3F)nn12.O=c1ccc(Br)cn1CCO. The summed E-state index contributed by atoms with van der Waals surface area (Å²) in [5.41, 5.74) is 14.6. The van der Waals surface area contributed by atoms with Crippen LogP contribution >= 0.6 is 31.9 Å². The van der Waals surface area contributed by atoms with Gasteiger partial charge in [0.25, 0.3) is 16.7 Å². The van der Waals surface area contributed by atoms with E-state index in [1.54, 1.807) is 42.7 Å². The second kappa shape index (κ2) is 30.3. The Morgan fingerprint density at radius 1 is 0.500 bits per heavy atom. The molecule has 94 heavy (non-hydrogen) atoms. The number of aliphatic hydroxyl groups is 3. The Morgan fingerprint density at radius 3 is 1.37 bits per heavy atom. The second-order valence-electron chi connectivity index (χ2n) is 21.7. The van der Waals surface area contributed by atoms with Gasteiger partial charge in [0.1, 0.15) is 34.9 Å². The molecule has 4 aromatic carbocycles. The Morgan fingerprint density at radius 2 is 0.894 bits per heavy atom. The van der Waals surface area contributed by atoms with E-state index in [1.165, 1.54) is 108 Å². The molecule has 0 aliphatic carbocycles. The van der Waals surface area contributed by atoms with E-state index in [4.69, 9.17) is 31.0 Å². The van der Waals surface area contributed by atoms with Gasteiger partial charge in [0, 0.05) is 102 Å². The van der Waals surface area contributed by atoms with Crippen LogP contribution in [-0.4, -0.2) is 106 Å². The zero-order valence-electron chi connectivity index (χ0n) is 50.0. The lowest BCUT2D eigenvalue weighted by Crippen LogP contribution is -2.41. The minimum absolute atomic E-state index is 0. The monoisotopic (exact) mass is 1420 g/mol. The summed E-state index contributed by atoms with van der Waals surface area (Å²) in [7, 11) is -0.490. The molecule has 1 aliphatic rings. The van der Waals surface area contributed by atoms with Crippen molar-refractivity contribution in [2.45, 2.75) is 78.8 Å². The zero-order chi connectivity index (χ0) is 67.1. The molecule has 7 N–H and O–H groups in total. The molecule has 0 radical (unpaired) electrons. The molecule has 11 aromatic rings. The summed E-state index contributed by atoms with van der Waals surface area (Å²) in [6.45, 7) is 8.25. The van der Waals surface area contributed by atoms with Crippen LogP contribution in [0.3, 0.4) is 0 Å². The molecule has 0 saturated carbocycles.